The third kappa shape index (κ3) is 3.31. The maximum atomic E-state index is 12.1. The molecule has 0 spiro atoms. The largest absolute Gasteiger partial charge is 0.481 e. The summed E-state index contributed by atoms with van der Waals surface area (Å²) < 4.78 is 4.99. The number of benzene rings is 1. The van der Waals surface area contributed by atoms with E-state index in [-0.39, 0.29) is 12.3 Å². The monoisotopic (exact) mass is 331 g/mol. The molecule has 0 aromatic heterocycles. The van der Waals surface area contributed by atoms with Crippen LogP contribution in [0, 0.1) is 5.92 Å². The highest BCUT2D eigenvalue weighted by atomic mass is 35.5. The number of ether oxygens (including phenoxy) is 1. The molecule has 5 nitrogen and oxygen atoms in total. The van der Waals surface area contributed by atoms with Crippen LogP contribution in [0.3, 0.4) is 0 Å². The number of rotatable bonds is 5. The normalized spacial score (nSPS) is 21.9. The molecule has 0 bridgehead atoms. The summed E-state index contributed by atoms with van der Waals surface area (Å²) in [6.07, 6.45) is -0.0390. The zero-order valence-electron chi connectivity index (χ0n) is 11.4. The van der Waals surface area contributed by atoms with Crippen molar-refractivity contribution in [2.75, 3.05) is 20.3 Å². The van der Waals surface area contributed by atoms with Crippen LogP contribution in [-0.4, -0.2) is 42.1 Å². The van der Waals surface area contributed by atoms with E-state index in [4.69, 9.17) is 27.9 Å². The molecule has 2 unspecified atom stereocenters. The predicted molar refractivity (Wildman–Crippen MR) is 78.5 cm³/mol. The number of carboxylic acids is 1. The maximum absolute atomic E-state index is 12.1. The highest BCUT2D eigenvalue weighted by molar-refractivity contribution is 6.35. The quantitative estimate of drug-likeness (QED) is 0.900. The second-order valence-corrected chi connectivity index (χ2v) is 5.68. The third-order valence-electron chi connectivity index (χ3n) is 3.57. The highest BCUT2D eigenvalue weighted by Gasteiger charge is 2.45. The molecule has 7 heteroatoms. The summed E-state index contributed by atoms with van der Waals surface area (Å²) >= 11 is 12.0. The molecule has 1 aromatic rings. The van der Waals surface area contributed by atoms with Crippen molar-refractivity contribution in [3.8, 4) is 0 Å². The number of methoxy groups -OCH3 is 1. The van der Waals surface area contributed by atoms with Gasteiger partial charge in [-0.25, -0.2) is 0 Å². The fourth-order valence-electron chi connectivity index (χ4n) is 2.59. The Morgan fingerprint density at radius 1 is 1.48 bits per heavy atom. The van der Waals surface area contributed by atoms with Crippen LogP contribution < -0.4 is 0 Å². The van der Waals surface area contributed by atoms with Crippen LogP contribution >= 0.6 is 23.2 Å². The van der Waals surface area contributed by atoms with E-state index < -0.39 is 17.9 Å². The maximum Gasteiger partial charge on any atom is 0.309 e. The Hall–Kier alpha value is -1.30. The van der Waals surface area contributed by atoms with Crippen LogP contribution in [0.1, 0.15) is 18.0 Å². The van der Waals surface area contributed by atoms with E-state index >= 15 is 0 Å². The third-order valence-corrected chi connectivity index (χ3v) is 4.13. The number of hydrogen-bond donors (Lipinski definition) is 1. The number of likely N-dealkylation sites (tertiary alicyclic amines) is 1. The van der Waals surface area contributed by atoms with Crippen LogP contribution in [0.25, 0.3) is 0 Å². The number of hydrogen-bond acceptors (Lipinski definition) is 3. The summed E-state index contributed by atoms with van der Waals surface area (Å²) in [6.45, 7) is 0.655. The molecule has 1 fully saturated rings. The van der Waals surface area contributed by atoms with Crippen molar-refractivity contribution in [3.05, 3.63) is 33.8 Å². The Kier molecular flexibility index (Phi) is 5.08. The van der Waals surface area contributed by atoms with Gasteiger partial charge >= 0.3 is 5.97 Å². The van der Waals surface area contributed by atoms with Gasteiger partial charge in [0.25, 0.3) is 0 Å². The molecule has 1 amide bonds. The first kappa shape index (κ1) is 16.1. The van der Waals surface area contributed by atoms with Crippen molar-refractivity contribution in [1.82, 2.24) is 4.90 Å². The van der Waals surface area contributed by atoms with E-state index in [1.165, 1.54) is 12.0 Å². The summed E-state index contributed by atoms with van der Waals surface area (Å²) in [5.74, 6) is -2.05. The second kappa shape index (κ2) is 6.64. The standard InChI is InChI=1S/C14H15Cl2NO4/c1-21-5-4-17-12(18)7-10(14(19)20)13(17)9-3-2-8(15)6-11(9)16/h2-3,6,10,13H,4-5,7H2,1H3,(H,19,20). The summed E-state index contributed by atoms with van der Waals surface area (Å²) in [4.78, 5) is 25.1. The summed E-state index contributed by atoms with van der Waals surface area (Å²) in [5.41, 5.74) is 0.593. The van der Waals surface area contributed by atoms with Crippen molar-refractivity contribution in [2.45, 2.75) is 12.5 Å². The van der Waals surface area contributed by atoms with Crippen LogP contribution in [-0.2, 0) is 14.3 Å². The zero-order valence-corrected chi connectivity index (χ0v) is 12.9. The Balaban J connectivity index is 2.41. The van der Waals surface area contributed by atoms with Gasteiger partial charge in [-0.3, -0.25) is 9.59 Å². The predicted octanol–water partition coefficient (Wildman–Crippen LogP) is 2.61. The molecule has 1 aliphatic heterocycles. The Morgan fingerprint density at radius 2 is 2.19 bits per heavy atom. The number of carbonyl (C=O) groups is 2. The van der Waals surface area contributed by atoms with E-state index in [0.29, 0.717) is 28.8 Å². The average Bonchev–Trinajstić information content (AvgIpc) is 2.74. The van der Waals surface area contributed by atoms with Gasteiger partial charge in [-0.1, -0.05) is 29.3 Å². The minimum atomic E-state index is -1.01. The van der Waals surface area contributed by atoms with Gasteiger partial charge in [0.2, 0.25) is 5.91 Å². The Morgan fingerprint density at radius 3 is 2.76 bits per heavy atom. The summed E-state index contributed by atoms with van der Waals surface area (Å²) in [5, 5.41) is 10.2. The first-order valence-electron chi connectivity index (χ1n) is 6.42. The zero-order chi connectivity index (χ0) is 15.6. The topological polar surface area (TPSA) is 66.8 Å². The molecule has 1 aromatic carbocycles. The molecular formula is C14H15Cl2NO4. The van der Waals surface area contributed by atoms with Gasteiger partial charge in [-0.15, -0.1) is 0 Å². The molecule has 2 atom stereocenters. The van der Waals surface area contributed by atoms with E-state index in [0.717, 1.165) is 0 Å². The molecule has 21 heavy (non-hydrogen) atoms. The lowest BCUT2D eigenvalue weighted by atomic mass is 9.93. The number of halogens is 2. The lowest BCUT2D eigenvalue weighted by molar-refractivity contribution is -0.142. The molecule has 0 radical (unpaired) electrons. The fourth-order valence-corrected chi connectivity index (χ4v) is 3.11. The van der Waals surface area contributed by atoms with Gasteiger partial charge in [0, 0.05) is 30.1 Å². The van der Waals surface area contributed by atoms with E-state index in [9.17, 15) is 14.7 Å². The number of carbonyl (C=O) groups excluding carboxylic acids is 1. The minimum Gasteiger partial charge on any atom is -0.481 e. The first-order valence-corrected chi connectivity index (χ1v) is 7.17. The first-order chi connectivity index (χ1) is 9.95. The van der Waals surface area contributed by atoms with Crippen molar-refractivity contribution < 1.29 is 19.4 Å². The molecule has 1 aliphatic rings. The van der Waals surface area contributed by atoms with Gasteiger partial charge < -0.3 is 14.7 Å². The van der Waals surface area contributed by atoms with Gasteiger partial charge in [-0.2, -0.15) is 0 Å². The average molecular weight is 332 g/mol. The minimum absolute atomic E-state index is 0.0390. The fraction of sp³-hybridized carbons (Fsp3) is 0.429. The molecule has 1 saturated heterocycles. The van der Waals surface area contributed by atoms with Gasteiger partial charge in [0.1, 0.15) is 0 Å². The molecule has 2 rings (SSSR count). The van der Waals surface area contributed by atoms with E-state index in [1.807, 2.05) is 0 Å². The van der Waals surface area contributed by atoms with Crippen molar-refractivity contribution in [1.29, 1.82) is 0 Å². The number of amides is 1. The van der Waals surface area contributed by atoms with Gasteiger partial charge in [-0.05, 0) is 17.7 Å². The number of aliphatic carboxylic acids is 1. The van der Waals surface area contributed by atoms with Crippen LogP contribution in [0.15, 0.2) is 18.2 Å². The van der Waals surface area contributed by atoms with Crippen molar-refractivity contribution >= 4 is 35.1 Å². The highest BCUT2D eigenvalue weighted by Crippen LogP contribution is 2.41. The SMILES string of the molecule is COCCN1C(=O)CC(C(=O)O)C1c1ccc(Cl)cc1Cl. The van der Waals surface area contributed by atoms with Crippen LogP contribution in [0.5, 0.6) is 0 Å². The van der Waals surface area contributed by atoms with Crippen LogP contribution in [0.4, 0.5) is 0 Å². The lowest BCUT2D eigenvalue weighted by Gasteiger charge is -2.27. The lowest BCUT2D eigenvalue weighted by Crippen LogP contribution is -2.33. The summed E-state index contributed by atoms with van der Waals surface area (Å²) in [7, 11) is 1.53. The molecule has 1 heterocycles. The Labute approximate surface area is 132 Å². The Bertz CT molecular complexity index is 564. The smallest absolute Gasteiger partial charge is 0.309 e. The molecular weight excluding hydrogens is 317 g/mol. The van der Waals surface area contributed by atoms with Crippen LogP contribution in [0.2, 0.25) is 10.0 Å². The summed E-state index contributed by atoms with van der Waals surface area (Å²) in [6, 6.07) is 4.26. The molecule has 1 N–H and O–H groups in total. The number of nitrogens with zero attached hydrogens (tertiary/aromatic N) is 1. The van der Waals surface area contributed by atoms with Gasteiger partial charge in [0.05, 0.1) is 18.6 Å². The van der Waals surface area contributed by atoms with E-state index in [1.54, 1.807) is 18.2 Å². The molecule has 0 saturated carbocycles. The second-order valence-electron chi connectivity index (χ2n) is 4.84. The van der Waals surface area contributed by atoms with E-state index in [2.05, 4.69) is 0 Å². The van der Waals surface area contributed by atoms with Gasteiger partial charge in [0.15, 0.2) is 0 Å². The molecule has 114 valence electrons. The van der Waals surface area contributed by atoms with Crippen molar-refractivity contribution in [3.63, 3.8) is 0 Å². The van der Waals surface area contributed by atoms with Crippen molar-refractivity contribution in [2.24, 2.45) is 5.92 Å². The number of carboxylic acid groups (broad SMARTS) is 1. The molecule has 0 aliphatic carbocycles.